The minimum atomic E-state index is -3.06. The molecule has 0 saturated carbocycles. The van der Waals surface area contributed by atoms with Crippen LogP contribution in [0.4, 0.5) is 0 Å². The molecular weight excluding hydrogens is 626 g/mol. The van der Waals surface area contributed by atoms with E-state index < -0.39 is 54.9 Å². The van der Waals surface area contributed by atoms with E-state index >= 15 is 0 Å². The number of nitrogens with zero attached hydrogens (tertiary/aromatic N) is 1. The number of carbonyl (C=O) groups is 4. The van der Waals surface area contributed by atoms with Gasteiger partial charge in [-0.15, -0.1) is 0 Å². The highest BCUT2D eigenvalue weighted by molar-refractivity contribution is 9.10. The summed E-state index contributed by atoms with van der Waals surface area (Å²) in [5.41, 5.74) is 1.85. The smallest absolute Gasteiger partial charge is 0.377 e. The first kappa shape index (κ1) is 31.7. The van der Waals surface area contributed by atoms with Crippen molar-refractivity contribution in [3.63, 3.8) is 0 Å². The van der Waals surface area contributed by atoms with Crippen LogP contribution in [0.3, 0.4) is 0 Å². The molecule has 0 aliphatic carbocycles. The Kier molecular flexibility index (Phi) is 10.2. The minimum Gasteiger partial charge on any atom is -0.480 e. The van der Waals surface area contributed by atoms with Gasteiger partial charge in [0.05, 0.1) is 11.1 Å². The summed E-state index contributed by atoms with van der Waals surface area (Å²) in [7, 11) is 0. The monoisotopic (exact) mass is 655 g/mol. The lowest BCUT2D eigenvalue weighted by atomic mass is 9.85. The molecule has 0 aromatic heterocycles. The van der Waals surface area contributed by atoms with Gasteiger partial charge in [-0.1, -0.05) is 54.6 Å². The van der Waals surface area contributed by atoms with Crippen molar-refractivity contribution in [3.05, 3.63) is 94.5 Å². The maximum atomic E-state index is 13.6. The van der Waals surface area contributed by atoms with Crippen LogP contribution in [0.1, 0.15) is 30.4 Å². The van der Waals surface area contributed by atoms with Crippen LogP contribution in [0, 0.1) is 0 Å². The van der Waals surface area contributed by atoms with E-state index in [1.54, 1.807) is 19.1 Å². The molecule has 3 atom stereocenters. The Morgan fingerprint density at radius 3 is 2.16 bits per heavy atom. The Hall–Kier alpha value is -4.26. The normalized spacial score (nSPS) is 17.0. The summed E-state index contributed by atoms with van der Waals surface area (Å²) in [6.45, 7) is 0.299. The van der Waals surface area contributed by atoms with Gasteiger partial charge >= 0.3 is 23.7 Å². The van der Waals surface area contributed by atoms with Gasteiger partial charge in [0.25, 0.3) is 5.91 Å². The largest absolute Gasteiger partial charge is 0.480 e. The zero-order chi connectivity index (χ0) is 31.1. The summed E-state index contributed by atoms with van der Waals surface area (Å²) in [5.74, 6) is -8.31. The Bertz CT molecular complexity index is 1450. The Morgan fingerprint density at radius 1 is 0.953 bits per heavy atom. The Balaban J connectivity index is 1.62. The van der Waals surface area contributed by atoms with Crippen LogP contribution in [-0.2, 0) is 35.1 Å². The van der Waals surface area contributed by atoms with Gasteiger partial charge in [0, 0.05) is 12.0 Å². The summed E-state index contributed by atoms with van der Waals surface area (Å²) < 4.78 is 16.8. The van der Waals surface area contributed by atoms with E-state index in [4.69, 9.17) is 14.2 Å². The molecule has 3 aromatic rings. The van der Waals surface area contributed by atoms with Crippen LogP contribution in [-0.4, -0.2) is 75.1 Å². The first-order valence-corrected chi connectivity index (χ1v) is 14.2. The number of carboxylic acids is 3. The average molecular weight is 656 g/mol. The molecule has 3 aromatic carbocycles. The van der Waals surface area contributed by atoms with E-state index in [9.17, 15) is 34.5 Å². The van der Waals surface area contributed by atoms with Crippen molar-refractivity contribution in [1.29, 1.82) is 0 Å². The molecular formula is C31H30BrNO10. The number of benzene rings is 3. The number of halogens is 1. The molecule has 0 radical (unpaired) electrons. The maximum Gasteiger partial charge on any atom is 0.377 e. The molecule has 1 heterocycles. The molecule has 226 valence electrons. The van der Waals surface area contributed by atoms with E-state index in [1.807, 2.05) is 66.7 Å². The lowest BCUT2D eigenvalue weighted by Crippen LogP contribution is -2.52. The minimum absolute atomic E-state index is 0.382. The standard InChI is InChI=1S/C31H30BrNO10/c1-19(33(17-27(34)35)28(36)26-18-41-31(43-26,29(37)38)30(39)40)23(16-11-20-7-3-2-4-8-20)21-12-14-22(15-13-21)42-25-10-6-5-9-24(25)32/h2-10,12-15,19,23,26H,11,16-18H2,1H3,(H,34,35)(H,37,38)(H,39,40)/t19-,23+,26+/m1/s1. The van der Waals surface area contributed by atoms with Crippen molar-refractivity contribution >= 4 is 39.7 Å². The van der Waals surface area contributed by atoms with Crippen LogP contribution in [0.15, 0.2) is 83.3 Å². The van der Waals surface area contributed by atoms with E-state index in [2.05, 4.69) is 15.9 Å². The average Bonchev–Trinajstić information content (AvgIpc) is 3.46. The van der Waals surface area contributed by atoms with Gasteiger partial charge in [0.1, 0.15) is 18.0 Å². The number of carbonyl (C=O) groups excluding carboxylic acids is 1. The highest BCUT2D eigenvalue weighted by atomic mass is 79.9. The molecule has 4 rings (SSSR count). The third-order valence-corrected chi connectivity index (χ3v) is 7.86. The number of hydrogen-bond donors (Lipinski definition) is 3. The first-order chi connectivity index (χ1) is 20.5. The van der Waals surface area contributed by atoms with Gasteiger partial charge in [-0.3, -0.25) is 9.59 Å². The van der Waals surface area contributed by atoms with Crippen molar-refractivity contribution in [3.8, 4) is 11.5 Å². The molecule has 1 aliphatic heterocycles. The summed E-state index contributed by atoms with van der Waals surface area (Å²) in [4.78, 5) is 49.8. The number of para-hydroxylation sites is 1. The quantitative estimate of drug-likeness (QED) is 0.223. The Labute approximate surface area is 255 Å². The lowest BCUT2D eigenvalue weighted by molar-refractivity contribution is -0.218. The zero-order valence-corrected chi connectivity index (χ0v) is 24.7. The lowest BCUT2D eigenvalue weighted by Gasteiger charge is -2.35. The predicted octanol–water partition coefficient (Wildman–Crippen LogP) is 4.54. The molecule has 1 fully saturated rings. The first-order valence-electron chi connectivity index (χ1n) is 13.4. The van der Waals surface area contributed by atoms with Crippen LogP contribution in [0.5, 0.6) is 11.5 Å². The Morgan fingerprint density at radius 2 is 1.58 bits per heavy atom. The third kappa shape index (κ3) is 7.39. The van der Waals surface area contributed by atoms with Crippen molar-refractivity contribution in [2.45, 2.75) is 43.6 Å². The number of aliphatic carboxylic acids is 3. The number of amides is 1. The molecule has 43 heavy (non-hydrogen) atoms. The summed E-state index contributed by atoms with van der Waals surface area (Å²) in [5, 5.41) is 28.5. The molecule has 1 saturated heterocycles. The highest BCUT2D eigenvalue weighted by Crippen LogP contribution is 2.34. The van der Waals surface area contributed by atoms with Gasteiger partial charge in [0.15, 0.2) is 6.10 Å². The number of aryl methyl sites for hydroxylation is 1. The van der Waals surface area contributed by atoms with Crippen LogP contribution in [0.25, 0.3) is 0 Å². The van der Waals surface area contributed by atoms with Crippen molar-refractivity contribution in [2.75, 3.05) is 13.2 Å². The van der Waals surface area contributed by atoms with Gasteiger partial charge in [-0.2, -0.15) is 0 Å². The van der Waals surface area contributed by atoms with Crippen molar-refractivity contribution in [2.24, 2.45) is 0 Å². The zero-order valence-electron chi connectivity index (χ0n) is 23.1. The predicted molar refractivity (Wildman–Crippen MR) is 156 cm³/mol. The van der Waals surface area contributed by atoms with Gasteiger partial charge < -0.3 is 34.4 Å². The molecule has 11 nitrogen and oxygen atoms in total. The number of hydrogen-bond acceptors (Lipinski definition) is 7. The summed E-state index contributed by atoms with van der Waals surface area (Å²) in [6, 6.07) is 23.6. The molecule has 0 unspecified atom stereocenters. The summed E-state index contributed by atoms with van der Waals surface area (Å²) >= 11 is 3.46. The third-order valence-electron chi connectivity index (χ3n) is 7.21. The van der Waals surface area contributed by atoms with E-state index in [0.717, 1.165) is 20.5 Å². The van der Waals surface area contributed by atoms with Crippen LogP contribution >= 0.6 is 15.9 Å². The van der Waals surface area contributed by atoms with E-state index in [0.29, 0.717) is 24.3 Å². The highest BCUT2D eigenvalue weighted by Gasteiger charge is 2.58. The fraction of sp³-hybridized carbons (Fsp3) is 0.290. The van der Waals surface area contributed by atoms with Crippen molar-refractivity contribution in [1.82, 2.24) is 4.90 Å². The van der Waals surface area contributed by atoms with Gasteiger partial charge in [-0.05, 0) is 71.1 Å². The number of ether oxygens (including phenoxy) is 3. The molecule has 3 N–H and O–H groups in total. The maximum absolute atomic E-state index is 13.6. The fourth-order valence-corrected chi connectivity index (χ4v) is 5.33. The molecule has 0 bridgehead atoms. The number of carboxylic acid groups (broad SMARTS) is 3. The SMILES string of the molecule is C[C@H]([C@H](CCc1ccccc1)c1ccc(Oc2ccccc2Br)cc1)N(CC(=O)O)C(=O)[C@@H]1COC(C(=O)O)(C(=O)O)O1. The fourth-order valence-electron chi connectivity index (χ4n) is 4.96. The van der Waals surface area contributed by atoms with Crippen LogP contribution < -0.4 is 4.74 Å². The molecule has 1 aliphatic rings. The van der Waals surface area contributed by atoms with E-state index in [1.165, 1.54) is 0 Å². The van der Waals surface area contributed by atoms with E-state index in [-0.39, 0.29) is 5.92 Å². The van der Waals surface area contributed by atoms with Gasteiger partial charge in [-0.25, -0.2) is 9.59 Å². The molecule has 0 spiro atoms. The topological polar surface area (TPSA) is 160 Å². The van der Waals surface area contributed by atoms with Crippen LogP contribution in [0.2, 0.25) is 0 Å². The molecule has 1 amide bonds. The summed E-state index contributed by atoms with van der Waals surface area (Å²) in [6.07, 6.45) is -0.497. The second-order valence-electron chi connectivity index (χ2n) is 9.98. The van der Waals surface area contributed by atoms with Crippen molar-refractivity contribution < 1.29 is 48.7 Å². The second kappa shape index (κ2) is 13.8. The number of rotatable bonds is 13. The molecule has 12 heteroatoms. The van der Waals surface area contributed by atoms with Gasteiger partial charge in [0.2, 0.25) is 0 Å². The second-order valence-corrected chi connectivity index (χ2v) is 10.8.